The van der Waals surface area contributed by atoms with Crippen molar-refractivity contribution in [3.8, 4) is 0 Å². The van der Waals surface area contributed by atoms with Crippen LogP contribution in [-0.4, -0.2) is 80.8 Å². The molecule has 12 nitrogen and oxygen atoms in total. The van der Waals surface area contributed by atoms with Crippen LogP contribution in [0.1, 0.15) is 25.3 Å². The highest BCUT2D eigenvalue weighted by molar-refractivity contribution is 6.42. The van der Waals surface area contributed by atoms with Crippen LogP contribution in [0.5, 0.6) is 0 Å². The number of halogens is 2. The topological polar surface area (TPSA) is 184 Å². The van der Waals surface area contributed by atoms with Crippen LogP contribution < -0.4 is 11.1 Å². The zero-order valence-corrected chi connectivity index (χ0v) is 24.9. The van der Waals surface area contributed by atoms with E-state index >= 15 is 0 Å². The maximum atomic E-state index is 13.3. The van der Waals surface area contributed by atoms with Gasteiger partial charge in [-0.15, -0.1) is 0 Å². The molecular formula is C28H34Cl2N2O10. The van der Waals surface area contributed by atoms with Crippen LogP contribution in [0.25, 0.3) is 0 Å². The molecule has 0 aromatic heterocycles. The molecule has 1 aromatic rings. The van der Waals surface area contributed by atoms with Crippen LogP contribution in [0.3, 0.4) is 0 Å². The molecule has 1 aliphatic heterocycles. The van der Waals surface area contributed by atoms with Crippen molar-refractivity contribution < 1.29 is 48.3 Å². The van der Waals surface area contributed by atoms with Crippen molar-refractivity contribution in [3.05, 3.63) is 80.7 Å². The summed E-state index contributed by atoms with van der Waals surface area (Å²) in [5, 5.41) is 19.2. The summed E-state index contributed by atoms with van der Waals surface area (Å²) >= 11 is 12.8. The fraction of sp³-hybridized carbons (Fsp3) is 0.357. The van der Waals surface area contributed by atoms with Crippen molar-refractivity contribution in [2.24, 2.45) is 5.73 Å². The normalized spacial score (nSPS) is 14.6. The lowest BCUT2D eigenvalue weighted by Gasteiger charge is -2.32. The number of rotatable bonds is 14. The highest BCUT2D eigenvalue weighted by atomic mass is 35.5. The molecule has 230 valence electrons. The largest absolute Gasteiger partial charge is 0.478 e. The van der Waals surface area contributed by atoms with E-state index in [0.717, 1.165) is 0 Å². The first-order valence-corrected chi connectivity index (χ1v) is 13.1. The van der Waals surface area contributed by atoms with Gasteiger partial charge in [-0.3, -0.25) is 0 Å². The second-order valence-electron chi connectivity index (χ2n) is 8.62. The zero-order valence-electron chi connectivity index (χ0n) is 23.4. The number of carboxylic acids is 2. The molecule has 0 radical (unpaired) electrons. The maximum absolute atomic E-state index is 13.3. The second kappa shape index (κ2) is 18.7. The Labute approximate surface area is 253 Å². The van der Waals surface area contributed by atoms with Gasteiger partial charge in [-0.25, -0.2) is 19.2 Å². The molecule has 2 rings (SSSR count). The highest BCUT2D eigenvalue weighted by Crippen LogP contribution is 2.43. The molecule has 0 saturated carbocycles. The number of carboxylic acid groups (broad SMARTS) is 2. The average Bonchev–Trinajstić information content (AvgIpc) is 2.93. The Morgan fingerprint density at radius 2 is 1.64 bits per heavy atom. The zero-order chi connectivity index (χ0) is 31.8. The Morgan fingerprint density at radius 1 is 1.02 bits per heavy atom. The number of hydrogen-bond acceptors (Lipinski definition) is 10. The predicted molar refractivity (Wildman–Crippen MR) is 155 cm³/mol. The molecule has 1 aromatic carbocycles. The van der Waals surface area contributed by atoms with Crippen LogP contribution in [0, 0.1) is 0 Å². The number of benzene rings is 1. The van der Waals surface area contributed by atoms with Gasteiger partial charge < -0.3 is 40.2 Å². The summed E-state index contributed by atoms with van der Waals surface area (Å²) in [6, 6.07) is 5.01. The second-order valence-corrected chi connectivity index (χ2v) is 9.41. The summed E-state index contributed by atoms with van der Waals surface area (Å²) in [5.41, 5.74) is 7.83. The number of nitrogens with one attached hydrogen (secondary N) is 1. The van der Waals surface area contributed by atoms with Gasteiger partial charge in [0, 0.05) is 24.4 Å². The smallest absolute Gasteiger partial charge is 0.337 e. The lowest BCUT2D eigenvalue weighted by molar-refractivity contribution is -0.139. The van der Waals surface area contributed by atoms with Gasteiger partial charge in [0.15, 0.2) is 0 Å². The minimum absolute atomic E-state index is 0.00957. The Kier molecular flexibility index (Phi) is 16.2. The highest BCUT2D eigenvalue weighted by Gasteiger charge is 2.40. The summed E-state index contributed by atoms with van der Waals surface area (Å²) in [6.07, 6.45) is 1.12. The van der Waals surface area contributed by atoms with Gasteiger partial charge in [0.2, 0.25) is 0 Å². The molecule has 0 saturated heterocycles. The first-order valence-electron chi connectivity index (χ1n) is 12.4. The fourth-order valence-electron chi connectivity index (χ4n) is 3.57. The molecule has 42 heavy (non-hydrogen) atoms. The molecule has 1 heterocycles. The fourth-order valence-corrected chi connectivity index (χ4v) is 3.99. The molecule has 14 heteroatoms. The Bertz CT molecular complexity index is 1240. The van der Waals surface area contributed by atoms with E-state index in [1.165, 1.54) is 7.11 Å². The van der Waals surface area contributed by atoms with Gasteiger partial charge in [0.25, 0.3) is 0 Å². The van der Waals surface area contributed by atoms with Gasteiger partial charge in [-0.2, -0.15) is 0 Å². The summed E-state index contributed by atoms with van der Waals surface area (Å²) in [5.74, 6) is -4.68. The van der Waals surface area contributed by atoms with Gasteiger partial charge in [-0.1, -0.05) is 41.9 Å². The molecule has 0 aliphatic carbocycles. The third-order valence-corrected chi connectivity index (χ3v) is 6.09. The minimum Gasteiger partial charge on any atom is -0.478 e. The van der Waals surface area contributed by atoms with Crippen molar-refractivity contribution in [2.45, 2.75) is 19.8 Å². The number of nitrogens with two attached hydrogens (primary N) is 1. The molecule has 0 bridgehead atoms. The number of ether oxygens (including phenoxy) is 4. The lowest BCUT2D eigenvalue weighted by atomic mass is 9.80. The van der Waals surface area contributed by atoms with Gasteiger partial charge in [-0.05, 0) is 31.1 Å². The number of methoxy groups -OCH3 is 1. The number of carbonyl (C=O) groups is 4. The molecule has 0 amide bonds. The lowest BCUT2D eigenvalue weighted by Crippen LogP contribution is -2.35. The Morgan fingerprint density at radius 3 is 2.19 bits per heavy atom. The minimum atomic E-state index is -1.26. The third kappa shape index (κ3) is 11.7. The standard InChI is InChI=1S/C24H30Cl2N2O6.C4H4O4/c1-14(2)12-34-24(30)21-18(13-33-11-10-32-9-8-27)28-15(3)19(23(29)31-4)20(21)16-6-5-7-17(25)22(16)26;5-3(6)1-2-4(7)8/h5-7,20,28H,1,8-13,27H2,2-4H3;1-2H,(H,5,6)(H,7,8)/t20-;/m1./s1. The summed E-state index contributed by atoms with van der Waals surface area (Å²) in [4.78, 5) is 45.2. The van der Waals surface area contributed by atoms with E-state index in [1.807, 2.05) is 0 Å². The number of dihydropyridines is 1. The van der Waals surface area contributed by atoms with Gasteiger partial charge >= 0.3 is 23.9 Å². The van der Waals surface area contributed by atoms with Gasteiger partial charge in [0.05, 0.1) is 66.3 Å². The number of esters is 2. The molecular weight excluding hydrogens is 595 g/mol. The van der Waals surface area contributed by atoms with Crippen LogP contribution in [0.15, 0.2) is 65.0 Å². The quantitative estimate of drug-likeness (QED) is 0.102. The van der Waals surface area contributed by atoms with E-state index in [4.69, 9.17) is 58.1 Å². The van der Waals surface area contributed by atoms with E-state index in [9.17, 15) is 19.2 Å². The van der Waals surface area contributed by atoms with Crippen LogP contribution in [0.2, 0.25) is 10.0 Å². The number of aliphatic carboxylic acids is 2. The van der Waals surface area contributed by atoms with Crippen molar-refractivity contribution in [3.63, 3.8) is 0 Å². The third-order valence-electron chi connectivity index (χ3n) is 5.26. The number of hydrogen-bond donors (Lipinski definition) is 4. The van der Waals surface area contributed by atoms with Crippen molar-refractivity contribution in [1.82, 2.24) is 5.32 Å². The van der Waals surface area contributed by atoms with Crippen LogP contribution in [0.4, 0.5) is 0 Å². The number of allylic oxidation sites excluding steroid dienone is 1. The Hall–Kier alpha value is -3.68. The SMILES string of the molecule is C=C(C)COC(=O)C1=C(COCCOCCN)NC(C)=C(C(=O)OC)[C@H]1c1cccc(Cl)c1Cl.O=C(O)C=CC(=O)O. The number of carbonyl (C=O) groups excluding carboxylic acids is 2. The van der Waals surface area contributed by atoms with Gasteiger partial charge in [0.1, 0.15) is 6.61 Å². The summed E-state index contributed by atoms with van der Waals surface area (Å²) < 4.78 is 21.5. The van der Waals surface area contributed by atoms with Crippen LogP contribution >= 0.6 is 23.2 Å². The summed E-state index contributed by atoms with van der Waals surface area (Å²) in [6.45, 7) is 8.70. The van der Waals surface area contributed by atoms with Crippen molar-refractivity contribution in [1.29, 1.82) is 0 Å². The first-order chi connectivity index (χ1) is 19.8. The Balaban J connectivity index is 0.000000962. The van der Waals surface area contributed by atoms with E-state index in [1.54, 1.807) is 32.0 Å². The van der Waals surface area contributed by atoms with E-state index in [0.29, 0.717) is 54.4 Å². The summed E-state index contributed by atoms with van der Waals surface area (Å²) in [7, 11) is 1.27. The van der Waals surface area contributed by atoms with E-state index in [-0.39, 0.29) is 41.0 Å². The molecule has 1 aliphatic rings. The first kappa shape index (κ1) is 36.3. The monoisotopic (exact) mass is 628 g/mol. The molecule has 0 spiro atoms. The average molecular weight is 629 g/mol. The van der Waals surface area contributed by atoms with E-state index in [2.05, 4.69) is 11.9 Å². The molecule has 0 unspecified atom stereocenters. The van der Waals surface area contributed by atoms with Crippen molar-refractivity contribution in [2.75, 3.05) is 46.7 Å². The van der Waals surface area contributed by atoms with E-state index < -0.39 is 29.8 Å². The van der Waals surface area contributed by atoms with Crippen molar-refractivity contribution >= 4 is 47.1 Å². The molecule has 0 fully saturated rings. The maximum Gasteiger partial charge on any atom is 0.337 e. The molecule has 5 N–H and O–H groups in total. The predicted octanol–water partition coefficient (Wildman–Crippen LogP) is 3.20. The van der Waals surface area contributed by atoms with Crippen LogP contribution in [-0.2, 0) is 38.1 Å². The molecule has 1 atom stereocenters.